The van der Waals surface area contributed by atoms with Crippen LogP contribution >= 0.6 is 0 Å². The summed E-state index contributed by atoms with van der Waals surface area (Å²) in [6.45, 7) is 0. The predicted molar refractivity (Wildman–Crippen MR) is 87.8 cm³/mol. The average molecular weight is 300 g/mol. The van der Waals surface area contributed by atoms with Gasteiger partial charge in [0.2, 0.25) is 0 Å². The number of rotatable bonds is 4. The molecule has 1 atom stereocenters. The second-order valence-corrected chi connectivity index (χ2v) is 5.90. The molecule has 0 unspecified atom stereocenters. The lowest BCUT2D eigenvalue weighted by molar-refractivity contribution is 0.0360. The summed E-state index contributed by atoms with van der Waals surface area (Å²) in [6, 6.07) is 20.8. The van der Waals surface area contributed by atoms with Gasteiger partial charge in [-0.05, 0) is 42.2 Å². The Morgan fingerprint density at radius 3 is 2.39 bits per heavy atom. The molecule has 0 bridgehead atoms. The van der Waals surface area contributed by atoms with Gasteiger partial charge in [0.05, 0.1) is 23.1 Å². The molecular weight excluding hydrogens is 284 g/mol. The van der Waals surface area contributed by atoms with Crippen molar-refractivity contribution >= 4 is 6.08 Å². The first-order valence-corrected chi connectivity index (χ1v) is 7.52. The van der Waals surface area contributed by atoms with Crippen molar-refractivity contribution in [2.24, 2.45) is 5.41 Å². The Balaban J connectivity index is 2.02. The molecule has 0 heterocycles. The SMILES string of the molecule is N#Cc1cccc(/C=C/[C@@](O)(c2ccccc2)C2(C#N)CC2)c1. The van der Waals surface area contributed by atoms with Crippen molar-refractivity contribution in [3.63, 3.8) is 0 Å². The lowest BCUT2D eigenvalue weighted by atomic mass is 9.78. The summed E-state index contributed by atoms with van der Waals surface area (Å²) in [6.07, 6.45) is 4.83. The van der Waals surface area contributed by atoms with E-state index in [-0.39, 0.29) is 0 Å². The highest BCUT2D eigenvalue weighted by Gasteiger charge is 2.59. The minimum atomic E-state index is -1.33. The van der Waals surface area contributed by atoms with Gasteiger partial charge in [0.1, 0.15) is 5.60 Å². The molecule has 0 aliphatic heterocycles. The van der Waals surface area contributed by atoms with Crippen molar-refractivity contribution in [3.8, 4) is 12.1 Å². The van der Waals surface area contributed by atoms with E-state index in [4.69, 9.17) is 5.26 Å². The quantitative estimate of drug-likeness (QED) is 0.934. The number of benzene rings is 2. The summed E-state index contributed by atoms with van der Waals surface area (Å²) >= 11 is 0. The predicted octanol–water partition coefficient (Wildman–Crippen LogP) is 3.76. The van der Waals surface area contributed by atoms with Crippen LogP contribution in [-0.2, 0) is 5.60 Å². The molecule has 23 heavy (non-hydrogen) atoms. The maximum Gasteiger partial charge on any atom is 0.127 e. The first kappa shape index (κ1) is 15.0. The fourth-order valence-corrected chi connectivity index (χ4v) is 2.86. The normalized spacial score (nSPS) is 17.9. The molecule has 3 nitrogen and oxygen atoms in total. The Labute approximate surface area is 135 Å². The van der Waals surface area contributed by atoms with Crippen LogP contribution in [0, 0.1) is 28.1 Å². The molecule has 112 valence electrons. The molecule has 0 saturated heterocycles. The van der Waals surface area contributed by atoms with Crippen LogP contribution in [-0.4, -0.2) is 5.11 Å². The zero-order chi connectivity index (χ0) is 16.3. The van der Waals surface area contributed by atoms with Gasteiger partial charge in [-0.3, -0.25) is 0 Å². The summed E-state index contributed by atoms with van der Waals surface area (Å²) in [4.78, 5) is 0. The molecular formula is C20H16N2O. The van der Waals surface area contributed by atoms with Crippen LogP contribution in [0.4, 0.5) is 0 Å². The molecule has 2 aromatic carbocycles. The summed E-state index contributed by atoms with van der Waals surface area (Å²) in [5.74, 6) is 0. The van der Waals surface area contributed by atoms with Crippen molar-refractivity contribution in [1.82, 2.24) is 0 Å². The van der Waals surface area contributed by atoms with Crippen molar-refractivity contribution < 1.29 is 5.11 Å². The van der Waals surface area contributed by atoms with Crippen LogP contribution in [0.2, 0.25) is 0 Å². The molecule has 3 heteroatoms. The Morgan fingerprint density at radius 2 is 1.78 bits per heavy atom. The Bertz CT molecular complexity index is 823. The van der Waals surface area contributed by atoms with E-state index < -0.39 is 11.0 Å². The molecule has 3 rings (SSSR count). The van der Waals surface area contributed by atoms with Gasteiger partial charge in [0.15, 0.2) is 0 Å². The first-order valence-electron chi connectivity index (χ1n) is 7.52. The lowest BCUT2D eigenvalue weighted by Gasteiger charge is -2.30. The molecule has 0 spiro atoms. The van der Waals surface area contributed by atoms with Crippen molar-refractivity contribution in [3.05, 3.63) is 77.4 Å². The van der Waals surface area contributed by atoms with Crippen LogP contribution in [0.5, 0.6) is 0 Å². The number of nitriles is 2. The van der Waals surface area contributed by atoms with Gasteiger partial charge < -0.3 is 5.11 Å². The molecule has 1 fully saturated rings. The Kier molecular flexibility index (Phi) is 3.74. The highest BCUT2D eigenvalue weighted by atomic mass is 16.3. The number of hydrogen-bond donors (Lipinski definition) is 1. The van der Waals surface area contributed by atoms with Crippen LogP contribution in [0.3, 0.4) is 0 Å². The van der Waals surface area contributed by atoms with Gasteiger partial charge in [-0.25, -0.2) is 0 Å². The van der Waals surface area contributed by atoms with Crippen LogP contribution in [0.25, 0.3) is 6.08 Å². The van der Waals surface area contributed by atoms with E-state index >= 15 is 0 Å². The topological polar surface area (TPSA) is 67.8 Å². The van der Waals surface area contributed by atoms with Crippen LogP contribution < -0.4 is 0 Å². The molecule has 1 saturated carbocycles. The summed E-state index contributed by atoms with van der Waals surface area (Å²) < 4.78 is 0. The Morgan fingerprint density at radius 1 is 1.04 bits per heavy atom. The van der Waals surface area contributed by atoms with Crippen molar-refractivity contribution in [2.75, 3.05) is 0 Å². The van der Waals surface area contributed by atoms with E-state index in [9.17, 15) is 10.4 Å². The largest absolute Gasteiger partial charge is 0.379 e. The summed E-state index contributed by atoms with van der Waals surface area (Å²) in [5, 5.41) is 29.8. The monoisotopic (exact) mass is 300 g/mol. The first-order chi connectivity index (χ1) is 11.1. The van der Waals surface area contributed by atoms with E-state index in [0.29, 0.717) is 24.0 Å². The van der Waals surface area contributed by atoms with Crippen LogP contribution in [0.1, 0.15) is 29.5 Å². The average Bonchev–Trinajstić information content (AvgIpc) is 3.42. The highest BCUT2D eigenvalue weighted by Crippen LogP contribution is 2.58. The van der Waals surface area contributed by atoms with Crippen molar-refractivity contribution in [2.45, 2.75) is 18.4 Å². The maximum absolute atomic E-state index is 11.3. The minimum absolute atomic E-state index is 0.566. The highest BCUT2D eigenvalue weighted by molar-refractivity contribution is 5.55. The van der Waals surface area contributed by atoms with Gasteiger partial charge in [0.25, 0.3) is 0 Å². The number of hydrogen-bond acceptors (Lipinski definition) is 3. The fraction of sp³-hybridized carbons (Fsp3) is 0.200. The van der Waals surface area contributed by atoms with Gasteiger partial charge in [-0.1, -0.05) is 48.5 Å². The van der Waals surface area contributed by atoms with Crippen molar-refractivity contribution in [1.29, 1.82) is 10.5 Å². The van der Waals surface area contributed by atoms with E-state index in [1.165, 1.54) is 0 Å². The zero-order valence-corrected chi connectivity index (χ0v) is 12.6. The van der Waals surface area contributed by atoms with E-state index in [1.807, 2.05) is 36.4 Å². The van der Waals surface area contributed by atoms with Gasteiger partial charge in [0, 0.05) is 0 Å². The fourth-order valence-electron chi connectivity index (χ4n) is 2.86. The zero-order valence-electron chi connectivity index (χ0n) is 12.6. The van der Waals surface area contributed by atoms with E-state index in [1.54, 1.807) is 30.4 Å². The summed E-state index contributed by atoms with van der Waals surface area (Å²) in [5.41, 5.74) is 0.0132. The number of nitrogens with zero attached hydrogens (tertiary/aromatic N) is 2. The molecule has 2 aromatic rings. The third-order valence-electron chi connectivity index (χ3n) is 4.44. The molecule has 0 amide bonds. The number of aliphatic hydroxyl groups is 1. The molecule has 1 aliphatic rings. The minimum Gasteiger partial charge on any atom is -0.379 e. The second-order valence-electron chi connectivity index (χ2n) is 5.90. The molecule has 0 aromatic heterocycles. The molecule has 0 radical (unpaired) electrons. The third-order valence-corrected chi connectivity index (χ3v) is 4.44. The van der Waals surface area contributed by atoms with E-state index in [0.717, 1.165) is 5.56 Å². The lowest BCUT2D eigenvalue weighted by Crippen LogP contribution is -2.33. The maximum atomic E-state index is 11.3. The summed E-state index contributed by atoms with van der Waals surface area (Å²) in [7, 11) is 0. The standard InChI is InChI=1S/C20H16N2O/c21-14-17-6-4-5-16(13-17)9-10-20(23,19(15-22)11-12-19)18-7-2-1-3-8-18/h1-10,13,23H,11-12H2/b10-9+/t20-/m1/s1. The van der Waals surface area contributed by atoms with Gasteiger partial charge in [-0.15, -0.1) is 0 Å². The van der Waals surface area contributed by atoms with E-state index in [2.05, 4.69) is 12.1 Å². The second kappa shape index (κ2) is 5.72. The third kappa shape index (κ3) is 2.63. The van der Waals surface area contributed by atoms with Gasteiger partial charge in [-0.2, -0.15) is 10.5 Å². The smallest absolute Gasteiger partial charge is 0.127 e. The van der Waals surface area contributed by atoms with Gasteiger partial charge >= 0.3 is 0 Å². The molecule has 1 aliphatic carbocycles. The Hall–Kier alpha value is -2.88. The molecule has 1 N–H and O–H groups in total. The van der Waals surface area contributed by atoms with Crippen LogP contribution in [0.15, 0.2) is 60.7 Å².